The molecule has 0 saturated carbocycles. The second-order valence-electron chi connectivity index (χ2n) is 12.8. The first-order valence-corrected chi connectivity index (χ1v) is 18.7. The molecule has 3 unspecified atom stereocenters. The topological polar surface area (TPSA) is 123 Å². The van der Waals surface area contributed by atoms with Crippen LogP contribution in [0.1, 0.15) is 110 Å². The smallest absolute Gasteiger partial charge is 0.290 e. The number of hydrogen-bond donors (Lipinski definition) is 2. The van der Waals surface area contributed by atoms with Crippen LogP contribution in [-0.2, 0) is 0 Å². The van der Waals surface area contributed by atoms with Gasteiger partial charge in [-0.25, -0.2) is 4.98 Å². The molecule has 0 fully saturated rings. The number of carbonyl (C=O) groups is 1. The average Bonchev–Trinajstić information content (AvgIpc) is 3.74. The minimum Gasteiger partial charge on any atom is -0.395 e. The third kappa shape index (κ3) is 8.63. The number of likely N-dealkylation sites (N-methyl/N-ethyl adjacent to an activating group) is 1. The Bertz CT molecular complexity index is 1520. The highest BCUT2D eigenvalue weighted by atomic mass is 32.1. The van der Waals surface area contributed by atoms with E-state index in [9.17, 15) is 15.2 Å². The quantitative estimate of drug-likeness (QED) is 0.122. The van der Waals surface area contributed by atoms with Crippen molar-refractivity contribution < 1.29 is 9.90 Å². The molecule has 0 spiro atoms. The lowest BCUT2D eigenvalue weighted by molar-refractivity contribution is 0.0933. The number of anilines is 3. The van der Waals surface area contributed by atoms with Crippen molar-refractivity contribution in [3.63, 3.8) is 0 Å². The third-order valence-corrected chi connectivity index (χ3v) is 10.6. The van der Waals surface area contributed by atoms with Crippen molar-refractivity contribution >= 4 is 33.3 Å². The molecule has 260 valence electrons. The Morgan fingerprint density at radius 3 is 2.19 bits per heavy atom. The fraction of sp³-hybridized carbons (Fsp3) is 0.595. The molecule has 1 aromatic carbocycles. The van der Waals surface area contributed by atoms with E-state index in [0.717, 1.165) is 47.3 Å². The fourth-order valence-electron chi connectivity index (χ4n) is 6.38. The first kappa shape index (κ1) is 37.1. The van der Waals surface area contributed by atoms with Crippen LogP contribution >= 0.6 is 11.3 Å². The maximum absolute atomic E-state index is 13.4. The lowest BCUT2D eigenvalue weighted by Gasteiger charge is -2.30. The van der Waals surface area contributed by atoms with Gasteiger partial charge in [-0.1, -0.05) is 108 Å². The van der Waals surface area contributed by atoms with Gasteiger partial charge in [-0.3, -0.25) is 4.79 Å². The van der Waals surface area contributed by atoms with E-state index in [0.29, 0.717) is 42.3 Å². The highest BCUT2D eigenvalue weighted by Crippen LogP contribution is 2.42. The molecule has 3 atom stereocenters. The van der Waals surface area contributed by atoms with Crippen LogP contribution in [0.25, 0.3) is 11.3 Å². The van der Waals surface area contributed by atoms with Crippen LogP contribution in [0.5, 0.6) is 0 Å². The van der Waals surface area contributed by atoms with Crippen LogP contribution in [0.15, 0.2) is 41.5 Å². The number of thiazole rings is 1. The SMILES string of the molecule is CCCCC(CC)CN(CC(CC)CCCC)c1nc(-c2ccccc2)c(NC2C(C)=C(C#N)C(=O)n3nc(N(CC)CCO)nc32)s1. The number of aliphatic hydroxyl groups excluding tert-OH is 1. The number of aromatic nitrogens is 4. The standard InChI is InChI=1S/C37H54N8O2S/c1-7-12-17-27(9-3)24-44(25-28(10-4)18-13-8-2)37-40-32(29-19-15-14-16-20-29)34(48-37)39-31-26(6)30(23-38)35(47)45-33(31)41-36(42-45)43(11-5)21-22-46/h14-16,19-20,27-28,31,39,46H,7-13,17-18,21-22,24-25H2,1-6H3. The molecule has 3 heterocycles. The first-order valence-electron chi connectivity index (χ1n) is 17.9. The highest BCUT2D eigenvalue weighted by Gasteiger charge is 2.36. The summed E-state index contributed by atoms with van der Waals surface area (Å²) in [5.74, 6) is 1.45. The maximum Gasteiger partial charge on any atom is 0.290 e. The molecule has 2 N–H and O–H groups in total. The zero-order chi connectivity index (χ0) is 34.6. The number of aliphatic hydroxyl groups is 1. The summed E-state index contributed by atoms with van der Waals surface area (Å²) in [6.45, 7) is 15.6. The van der Waals surface area contributed by atoms with Crippen LogP contribution < -0.4 is 15.1 Å². The Balaban J connectivity index is 1.81. The van der Waals surface area contributed by atoms with Crippen molar-refractivity contribution in [3.8, 4) is 17.3 Å². The molecule has 1 aliphatic rings. The summed E-state index contributed by atoms with van der Waals surface area (Å²) in [6, 6.07) is 11.7. The number of fused-ring (bicyclic) bond motifs is 1. The Hall–Kier alpha value is -3.75. The number of hydrogen-bond acceptors (Lipinski definition) is 10. The summed E-state index contributed by atoms with van der Waals surface area (Å²) in [4.78, 5) is 27.9. The molecule has 4 rings (SSSR count). The van der Waals surface area contributed by atoms with Gasteiger partial charge in [0.05, 0.1) is 6.61 Å². The predicted molar refractivity (Wildman–Crippen MR) is 197 cm³/mol. The molecule has 0 aliphatic carbocycles. The van der Waals surface area contributed by atoms with E-state index in [4.69, 9.17) is 9.97 Å². The molecule has 0 saturated heterocycles. The van der Waals surface area contributed by atoms with Crippen LogP contribution in [0, 0.1) is 23.2 Å². The second-order valence-corrected chi connectivity index (χ2v) is 13.8. The summed E-state index contributed by atoms with van der Waals surface area (Å²) in [5.41, 5.74) is 2.49. The number of benzene rings is 1. The number of nitrogens with one attached hydrogen (secondary N) is 1. The van der Waals surface area contributed by atoms with Crippen LogP contribution in [-0.4, -0.2) is 63.5 Å². The number of nitrogens with zero attached hydrogens (tertiary/aromatic N) is 7. The van der Waals surface area contributed by atoms with Gasteiger partial charge in [-0.05, 0) is 44.1 Å². The number of unbranched alkanes of at least 4 members (excludes halogenated alkanes) is 2. The van der Waals surface area contributed by atoms with Gasteiger partial charge in [-0.2, -0.15) is 14.9 Å². The molecule has 48 heavy (non-hydrogen) atoms. The largest absolute Gasteiger partial charge is 0.395 e. The molecule has 0 amide bonds. The zero-order valence-corrected chi connectivity index (χ0v) is 30.5. The summed E-state index contributed by atoms with van der Waals surface area (Å²) in [6.07, 6.45) is 9.51. The number of allylic oxidation sites excluding steroid dienone is 1. The third-order valence-electron chi connectivity index (χ3n) is 9.51. The second kappa shape index (κ2) is 18.1. The van der Waals surface area contributed by atoms with E-state index in [1.807, 2.05) is 36.9 Å². The normalized spacial score (nSPS) is 15.6. The highest BCUT2D eigenvalue weighted by molar-refractivity contribution is 7.20. The first-order chi connectivity index (χ1) is 23.3. The number of rotatable bonds is 20. The summed E-state index contributed by atoms with van der Waals surface area (Å²) < 4.78 is 1.24. The molecule has 3 aromatic rings. The van der Waals surface area contributed by atoms with Gasteiger partial charge in [0.25, 0.3) is 5.91 Å². The molecular weight excluding hydrogens is 621 g/mol. The minimum absolute atomic E-state index is 0.0534. The summed E-state index contributed by atoms with van der Waals surface area (Å²) in [5, 5.41) is 29.7. The Morgan fingerprint density at radius 1 is 1.00 bits per heavy atom. The van der Waals surface area contributed by atoms with Gasteiger partial charge in [0.15, 0.2) is 11.0 Å². The van der Waals surface area contributed by atoms with Gasteiger partial charge in [0, 0.05) is 31.7 Å². The van der Waals surface area contributed by atoms with E-state index < -0.39 is 11.9 Å². The number of carbonyl (C=O) groups excluding carboxylic acids is 1. The van der Waals surface area contributed by atoms with Crippen molar-refractivity contribution in [2.24, 2.45) is 11.8 Å². The van der Waals surface area contributed by atoms with Gasteiger partial charge in [-0.15, -0.1) is 5.10 Å². The van der Waals surface area contributed by atoms with Gasteiger partial charge < -0.3 is 20.2 Å². The van der Waals surface area contributed by atoms with E-state index in [2.05, 4.69) is 61.2 Å². The van der Waals surface area contributed by atoms with Crippen LogP contribution in [0.3, 0.4) is 0 Å². The maximum atomic E-state index is 13.4. The monoisotopic (exact) mass is 674 g/mol. The van der Waals surface area contributed by atoms with Crippen molar-refractivity contribution in [1.29, 1.82) is 5.26 Å². The van der Waals surface area contributed by atoms with Gasteiger partial charge in [0.2, 0.25) is 5.95 Å². The van der Waals surface area contributed by atoms with Gasteiger partial charge >= 0.3 is 0 Å². The fourth-order valence-corrected chi connectivity index (χ4v) is 7.41. The van der Waals surface area contributed by atoms with Crippen molar-refractivity contribution in [1.82, 2.24) is 19.7 Å². The van der Waals surface area contributed by atoms with E-state index in [1.54, 1.807) is 11.3 Å². The van der Waals surface area contributed by atoms with Crippen molar-refractivity contribution in [2.75, 3.05) is 47.9 Å². The average molecular weight is 675 g/mol. The molecule has 11 heteroatoms. The van der Waals surface area contributed by atoms with E-state index >= 15 is 0 Å². The predicted octanol–water partition coefficient (Wildman–Crippen LogP) is 8.11. The van der Waals surface area contributed by atoms with Crippen LogP contribution in [0.2, 0.25) is 0 Å². The molecule has 0 bridgehead atoms. The number of nitriles is 1. The lowest BCUT2D eigenvalue weighted by atomic mass is 9.96. The lowest BCUT2D eigenvalue weighted by Crippen LogP contribution is -2.34. The summed E-state index contributed by atoms with van der Waals surface area (Å²) >= 11 is 1.63. The summed E-state index contributed by atoms with van der Waals surface area (Å²) in [7, 11) is 0. The van der Waals surface area contributed by atoms with E-state index in [1.165, 1.54) is 43.2 Å². The van der Waals surface area contributed by atoms with Crippen molar-refractivity contribution in [2.45, 2.75) is 99.0 Å². The van der Waals surface area contributed by atoms with Crippen molar-refractivity contribution in [3.05, 3.63) is 47.3 Å². The molecule has 10 nitrogen and oxygen atoms in total. The molecule has 0 radical (unpaired) electrons. The Kier molecular flexibility index (Phi) is 14.0. The zero-order valence-electron chi connectivity index (χ0n) is 29.7. The van der Waals surface area contributed by atoms with E-state index in [-0.39, 0.29) is 12.2 Å². The molecular formula is C37H54N8O2S. The van der Waals surface area contributed by atoms with Gasteiger partial charge in [0.1, 0.15) is 28.4 Å². The Morgan fingerprint density at radius 2 is 1.65 bits per heavy atom. The molecule has 2 aromatic heterocycles. The van der Waals surface area contributed by atoms with Crippen LogP contribution in [0.4, 0.5) is 16.1 Å². The Labute approximate surface area is 290 Å². The minimum atomic E-state index is -0.573. The molecule has 1 aliphatic heterocycles.